The van der Waals surface area contributed by atoms with E-state index in [-0.39, 0.29) is 5.54 Å². The van der Waals surface area contributed by atoms with Crippen LogP contribution in [0, 0.1) is 0 Å². The molecule has 0 bridgehead atoms. The van der Waals surface area contributed by atoms with Crippen molar-refractivity contribution in [2.75, 3.05) is 18.5 Å². The zero-order valence-corrected chi connectivity index (χ0v) is 10.5. The van der Waals surface area contributed by atoms with E-state index in [1.54, 1.807) is 0 Å². The number of hydrogen-bond donors (Lipinski definition) is 1. The standard InChI is InChI=1S/C11H17BrN2/c1-11(2,8-13)14(3)10-7-5-4-6-9(10)12/h4-7H,8,13H2,1-3H3. The highest BCUT2D eigenvalue weighted by atomic mass is 79.9. The van der Waals surface area contributed by atoms with Crippen molar-refractivity contribution in [3.05, 3.63) is 28.7 Å². The number of nitrogens with zero attached hydrogens (tertiary/aromatic N) is 1. The first-order valence-corrected chi connectivity index (χ1v) is 5.47. The largest absolute Gasteiger partial charge is 0.367 e. The van der Waals surface area contributed by atoms with Crippen LogP contribution in [0.3, 0.4) is 0 Å². The molecule has 78 valence electrons. The monoisotopic (exact) mass is 256 g/mol. The highest BCUT2D eigenvalue weighted by Gasteiger charge is 2.22. The summed E-state index contributed by atoms with van der Waals surface area (Å²) < 4.78 is 1.10. The summed E-state index contributed by atoms with van der Waals surface area (Å²) in [6.07, 6.45) is 0. The Balaban J connectivity index is 3.00. The molecule has 0 fully saturated rings. The van der Waals surface area contributed by atoms with E-state index in [0.29, 0.717) is 6.54 Å². The maximum atomic E-state index is 5.74. The molecule has 0 aromatic heterocycles. The molecule has 14 heavy (non-hydrogen) atoms. The summed E-state index contributed by atoms with van der Waals surface area (Å²) in [4.78, 5) is 2.19. The SMILES string of the molecule is CN(c1ccccc1Br)C(C)(C)CN. The first kappa shape index (κ1) is 11.5. The van der Waals surface area contributed by atoms with E-state index in [4.69, 9.17) is 5.73 Å². The van der Waals surface area contributed by atoms with Crippen molar-refractivity contribution in [3.8, 4) is 0 Å². The lowest BCUT2D eigenvalue weighted by atomic mass is 10.0. The maximum absolute atomic E-state index is 5.74. The average molecular weight is 257 g/mol. The zero-order valence-electron chi connectivity index (χ0n) is 8.92. The molecule has 0 radical (unpaired) electrons. The second-order valence-electron chi connectivity index (χ2n) is 4.03. The predicted molar refractivity (Wildman–Crippen MR) is 65.7 cm³/mol. The third kappa shape index (κ3) is 2.28. The van der Waals surface area contributed by atoms with Crippen molar-refractivity contribution in [1.29, 1.82) is 0 Å². The Hall–Kier alpha value is -0.540. The maximum Gasteiger partial charge on any atom is 0.0512 e. The predicted octanol–water partition coefficient (Wildman–Crippen LogP) is 2.62. The Kier molecular flexibility index (Phi) is 3.56. The summed E-state index contributed by atoms with van der Waals surface area (Å²) in [5, 5.41) is 0. The highest BCUT2D eigenvalue weighted by molar-refractivity contribution is 9.10. The number of halogens is 1. The van der Waals surface area contributed by atoms with E-state index < -0.39 is 0 Å². The number of hydrogen-bond acceptors (Lipinski definition) is 2. The van der Waals surface area contributed by atoms with E-state index >= 15 is 0 Å². The summed E-state index contributed by atoms with van der Waals surface area (Å²) in [6, 6.07) is 8.17. The Morgan fingerprint density at radius 2 is 1.93 bits per heavy atom. The summed E-state index contributed by atoms with van der Waals surface area (Å²) in [5.74, 6) is 0. The Labute approximate surface area is 94.2 Å². The van der Waals surface area contributed by atoms with Gasteiger partial charge in [0.05, 0.1) is 5.69 Å². The fourth-order valence-corrected chi connectivity index (χ4v) is 1.74. The molecular formula is C11H17BrN2. The van der Waals surface area contributed by atoms with Crippen LogP contribution >= 0.6 is 15.9 Å². The smallest absolute Gasteiger partial charge is 0.0512 e. The molecule has 0 spiro atoms. The highest BCUT2D eigenvalue weighted by Crippen LogP contribution is 2.29. The zero-order chi connectivity index (χ0) is 10.8. The van der Waals surface area contributed by atoms with Gasteiger partial charge in [0.15, 0.2) is 0 Å². The van der Waals surface area contributed by atoms with Crippen LogP contribution in [0.4, 0.5) is 5.69 Å². The topological polar surface area (TPSA) is 29.3 Å². The molecule has 0 aliphatic carbocycles. The summed E-state index contributed by atoms with van der Waals surface area (Å²) in [7, 11) is 2.06. The fraction of sp³-hybridized carbons (Fsp3) is 0.455. The van der Waals surface area contributed by atoms with Crippen LogP contribution in [0.1, 0.15) is 13.8 Å². The van der Waals surface area contributed by atoms with Gasteiger partial charge in [-0.05, 0) is 41.9 Å². The molecule has 2 nitrogen and oxygen atoms in total. The number of likely N-dealkylation sites (N-methyl/N-ethyl adjacent to an activating group) is 1. The number of anilines is 1. The van der Waals surface area contributed by atoms with Crippen LogP contribution < -0.4 is 10.6 Å². The second kappa shape index (κ2) is 4.32. The molecule has 1 aromatic rings. The molecule has 0 unspecified atom stereocenters. The number of benzene rings is 1. The first-order valence-electron chi connectivity index (χ1n) is 4.67. The van der Waals surface area contributed by atoms with Crippen LogP contribution in [0.25, 0.3) is 0 Å². The van der Waals surface area contributed by atoms with Gasteiger partial charge in [-0.15, -0.1) is 0 Å². The van der Waals surface area contributed by atoms with E-state index in [1.807, 2.05) is 18.2 Å². The Morgan fingerprint density at radius 1 is 1.36 bits per heavy atom. The van der Waals surface area contributed by atoms with Gasteiger partial charge < -0.3 is 10.6 Å². The van der Waals surface area contributed by atoms with Crippen LogP contribution in [0.15, 0.2) is 28.7 Å². The van der Waals surface area contributed by atoms with Gasteiger partial charge in [0.1, 0.15) is 0 Å². The number of para-hydroxylation sites is 1. The minimum atomic E-state index is -0.0239. The van der Waals surface area contributed by atoms with Crippen molar-refractivity contribution in [1.82, 2.24) is 0 Å². The van der Waals surface area contributed by atoms with Crippen molar-refractivity contribution in [2.45, 2.75) is 19.4 Å². The minimum Gasteiger partial charge on any atom is -0.367 e. The third-order valence-electron chi connectivity index (χ3n) is 2.62. The number of rotatable bonds is 3. The van der Waals surface area contributed by atoms with E-state index in [2.05, 4.69) is 47.8 Å². The minimum absolute atomic E-state index is 0.0239. The average Bonchev–Trinajstić information content (AvgIpc) is 2.17. The molecule has 0 aliphatic heterocycles. The molecule has 0 amide bonds. The lowest BCUT2D eigenvalue weighted by molar-refractivity contribution is 0.498. The second-order valence-corrected chi connectivity index (χ2v) is 4.88. The lowest BCUT2D eigenvalue weighted by Crippen LogP contribution is -2.47. The van der Waals surface area contributed by atoms with Crippen molar-refractivity contribution < 1.29 is 0 Å². The van der Waals surface area contributed by atoms with Crippen molar-refractivity contribution in [3.63, 3.8) is 0 Å². The third-order valence-corrected chi connectivity index (χ3v) is 3.29. The van der Waals surface area contributed by atoms with Crippen molar-refractivity contribution in [2.24, 2.45) is 5.73 Å². The molecule has 3 heteroatoms. The van der Waals surface area contributed by atoms with Gasteiger partial charge in [-0.1, -0.05) is 12.1 Å². The van der Waals surface area contributed by atoms with Gasteiger partial charge in [-0.3, -0.25) is 0 Å². The molecule has 1 aromatic carbocycles. The molecule has 0 saturated heterocycles. The molecule has 0 saturated carbocycles. The quantitative estimate of drug-likeness (QED) is 0.901. The molecule has 0 atom stereocenters. The van der Waals surface area contributed by atoms with Crippen LogP contribution in [-0.4, -0.2) is 19.1 Å². The Bertz CT molecular complexity index is 310. The van der Waals surface area contributed by atoms with Gasteiger partial charge in [0.25, 0.3) is 0 Å². The lowest BCUT2D eigenvalue weighted by Gasteiger charge is -2.37. The molecule has 1 rings (SSSR count). The van der Waals surface area contributed by atoms with E-state index in [9.17, 15) is 0 Å². The first-order chi connectivity index (χ1) is 6.49. The van der Waals surface area contributed by atoms with Crippen LogP contribution in [0.2, 0.25) is 0 Å². The normalized spacial score (nSPS) is 11.5. The summed E-state index contributed by atoms with van der Waals surface area (Å²) in [6.45, 7) is 4.89. The van der Waals surface area contributed by atoms with Crippen LogP contribution in [0.5, 0.6) is 0 Å². The van der Waals surface area contributed by atoms with Crippen LogP contribution in [-0.2, 0) is 0 Å². The fourth-order valence-electron chi connectivity index (χ4n) is 1.19. The Morgan fingerprint density at radius 3 is 2.43 bits per heavy atom. The summed E-state index contributed by atoms with van der Waals surface area (Å²) >= 11 is 3.54. The van der Waals surface area contributed by atoms with Gasteiger partial charge >= 0.3 is 0 Å². The van der Waals surface area contributed by atoms with Gasteiger partial charge in [0.2, 0.25) is 0 Å². The van der Waals surface area contributed by atoms with E-state index in [1.165, 1.54) is 5.69 Å². The van der Waals surface area contributed by atoms with Gasteiger partial charge in [-0.25, -0.2) is 0 Å². The number of nitrogens with two attached hydrogens (primary N) is 1. The summed E-state index contributed by atoms with van der Waals surface area (Å²) in [5.41, 5.74) is 6.88. The van der Waals surface area contributed by atoms with Crippen molar-refractivity contribution >= 4 is 21.6 Å². The van der Waals surface area contributed by atoms with Gasteiger partial charge in [-0.2, -0.15) is 0 Å². The van der Waals surface area contributed by atoms with E-state index in [0.717, 1.165) is 4.47 Å². The van der Waals surface area contributed by atoms with Gasteiger partial charge in [0, 0.05) is 23.6 Å². The molecule has 0 aliphatic rings. The molecule has 2 N–H and O–H groups in total. The molecule has 0 heterocycles. The molecular weight excluding hydrogens is 240 g/mol.